The van der Waals surface area contributed by atoms with Crippen molar-refractivity contribution >= 4 is 5.84 Å². The van der Waals surface area contributed by atoms with E-state index in [0.29, 0.717) is 6.04 Å². The summed E-state index contributed by atoms with van der Waals surface area (Å²) in [5.74, 6) is 1.19. The number of aliphatic imine (C=N–C) groups is 1. The number of hydrogen-bond acceptors (Lipinski definition) is 2. The first-order chi connectivity index (χ1) is 7.79. The van der Waals surface area contributed by atoms with Crippen molar-refractivity contribution < 1.29 is 0 Å². The Kier molecular flexibility index (Phi) is 3.40. The molecule has 0 bridgehead atoms. The summed E-state index contributed by atoms with van der Waals surface area (Å²) in [5.41, 5.74) is 1.32. The van der Waals surface area contributed by atoms with Gasteiger partial charge in [-0.25, -0.2) is 0 Å². The second-order valence-corrected chi connectivity index (χ2v) is 4.25. The normalized spacial score (nSPS) is 19.7. The Balaban J connectivity index is 2.08. The fourth-order valence-corrected chi connectivity index (χ4v) is 2.07. The highest BCUT2D eigenvalue weighted by Crippen LogP contribution is 2.12. The second kappa shape index (κ2) is 4.97. The van der Waals surface area contributed by atoms with Gasteiger partial charge in [-0.15, -0.1) is 6.58 Å². The van der Waals surface area contributed by atoms with Crippen LogP contribution in [0.15, 0.2) is 48.0 Å². The van der Waals surface area contributed by atoms with Crippen molar-refractivity contribution in [3.05, 3.63) is 48.6 Å². The van der Waals surface area contributed by atoms with Crippen LogP contribution in [-0.4, -0.2) is 29.9 Å². The molecule has 0 N–H and O–H groups in total. The summed E-state index contributed by atoms with van der Waals surface area (Å²) in [4.78, 5) is 6.99. The molecule has 0 fully saturated rings. The highest BCUT2D eigenvalue weighted by atomic mass is 15.2. The number of benzene rings is 1. The molecular weight excluding hydrogens is 196 g/mol. The van der Waals surface area contributed by atoms with Crippen LogP contribution in [0.5, 0.6) is 0 Å². The van der Waals surface area contributed by atoms with E-state index < -0.39 is 0 Å². The number of nitrogens with zero attached hydrogens (tertiary/aromatic N) is 2. The lowest BCUT2D eigenvalue weighted by molar-refractivity contribution is 0.468. The third-order valence-electron chi connectivity index (χ3n) is 2.77. The van der Waals surface area contributed by atoms with E-state index in [4.69, 9.17) is 0 Å². The van der Waals surface area contributed by atoms with Crippen molar-refractivity contribution in [2.45, 2.75) is 19.4 Å². The Morgan fingerprint density at radius 3 is 2.88 bits per heavy atom. The second-order valence-electron chi connectivity index (χ2n) is 4.25. The van der Waals surface area contributed by atoms with Gasteiger partial charge in [-0.1, -0.05) is 36.4 Å². The summed E-state index contributed by atoms with van der Waals surface area (Å²) >= 11 is 0. The van der Waals surface area contributed by atoms with Crippen LogP contribution in [-0.2, 0) is 6.42 Å². The van der Waals surface area contributed by atoms with Gasteiger partial charge in [0.25, 0.3) is 0 Å². The maximum Gasteiger partial charge on any atom is 0.104 e. The van der Waals surface area contributed by atoms with Crippen molar-refractivity contribution in [1.29, 1.82) is 0 Å². The van der Waals surface area contributed by atoms with E-state index >= 15 is 0 Å². The maximum absolute atomic E-state index is 4.68. The molecule has 0 amide bonds. The van der Waals surface area contributed by atoms with Gasteiger partial charge < -0.3 is 4.90 Å². The van der Waals surface area contributed by atoms with Gasteiger partial charge in [-0.05, 0) is 12.5 Å². The van der Waals surface area contributed by atoms with Crippen LogP contribution in [0.2, 0.25) is 0 Å². The van der Waals surface area contributed by atoms with Crippen molar-refractivity contribution in [3.8, 4) is 0 Å². The summed E-state index contributed by atoms with van der Waals surface area (Å²) in [6, 6.07) is 10.9. The fourth-order valence-electron chi connectivity index (χ4n) is 2.07. The molecule has 1 aliphatic rings. The lowest BCUT2D eigenvalue weighted by Crippen LogP contribution is -2.30. The van der Waals surface area contributed by atoms with Gasteiger partial charge in [-0.2, -0.15) is 0 Å². The molecule has 1 atom stereocenters. The van der Waals surface area contributed by atoms with Gasteiger partial charge in [0.15, 0.2) is 0 Å². The van der Waals surface area contributed by atoms with Crippen LogP contribution < -0.4 is 0 Å². The van der Waals surface area contributed by atoms with Crippen LogP contribution >= 0.6 is 0 Å². The van der Waals surface area contributed by atoms with E-state index in [2.05, 4.69) is 47.7 Å². The first-order valence-electron chi connectivity index (χ1n) is 5.76. The zero-order chi connectivity index (χ0) is 11.4. The maximum atomic E-state index is 4.68. The Bertz CT molecular complexity index is 381. The summed E-state index contributed by atoms with van der Waals surface area (Å²) < 4.78 is 0. The van der Waals surface area contributed by atoms with Crippen molar-refractivity contribution in [2.75, 3.05) is 13.1 Å². The van der Waals surface area contributed by atoms with Crippen molar-refractivity contribution in [1.82, 2.24) is 4.90 Å². The molecule has 84 valence electrons. The molecule has 0 saturated heterocycles. The van der Waals surface area contributed by atoms with E-state index in [1.807, 2.05) is 12.1 Å². The Hall–Kier alpha value is -1.57. The van der Waals surface area contributed by atoms with Gasteiger partial charge in [0.05, 0.1) is 6.04 Å². The molecule has 1 aromatic rings. The van der Waals surface area contributed by atoms with Crippen LogP contribution in [0.3, 0.4) is 0 Å². The van der Waals surface area contributed by atoms with Crippen LogP contribution in [0, 0.1) is 0 Å². The SMILES string of the molecule is C=CCN1CC(C)N=C1Cc1ccccc1. The quantitative estimate of drug-likeness (QED) is 0.703. The van der Waals surface area contributed by atoms with E-state index in [-0.39, 0.29) is 0 Å². The summed E-state index contributed by atoms with van der Waals surface area (Å²) in [5, 5.41) is 0. The molecular formula is C14H18N2. The minimum absolute atomic E-state index is 0.415. The number of hydrogen-bond donors (Lipinski definition) is 0. The molecule has 2 heteroatoms. The zero-order valence-electron chi connectivity index (χ0n) is 9.76. The Morgan fingerprint density at radius 1 is 1.44 bits per heavy atom. The molecule has 0 radical (unpaired) electrons. The van der Waals surface area contributed by atoms with E-state index in [0.717, 1.165) is 19.5 Å². The van der Waals surface area contributed by atoms with E-state index in [1.165, 1.54) is 11.4 Å². The van der Waals surface area contributed by atoms with Gasteiger partial charge in [0, 0.05) is 19.5 Å². The Morgan fingerprint density at radius 2 is 2.19 bits per heavy atom. The van der Waals surface area contributed by atoms with Crippen molar-refractivity contribution in [3.63, 3.8) is 0 Å². The molecule has 2 rings (SSSR count). The molecule has 0 saturated carbocycles. The molecule has 2 nitrogen and oxygen atoms in total. The highest BCUT2D eigenvalue weighted by Gasteiger charge is 2.20. The minimum atomic E-state index is 0.415. The largest absolute Gasteiger partial charge is 0.354 e. The third-order valence-corrected chi connectivity index (χ3v) is 2.77. The van der Waals surface area contributed by atoms with Gasteiger partial charge >= 0.3 is 0 Å². The van der Waals surface area contributed by atoms with Gasteiger partial charge in [0.2, 0.25) is 0 Å². The molecule has 0 aliphatic carbocycles. The minimum Gasteiger partial charge on any atom is -0.354 e. The topological polar surface area (TPSA) is 15.6 Å². The monoisotopic (exact) mass is 214 g/mol. The molecule has 1 unspecified atom stereocenters. The Labute approximate surface area is 97.3 Å². The lowest BCUT2D eigenvalue weighted by atomic mass is 10.1. The van der Waals surface area contributed by atoms with Gasteiger partial charge in [-0.3, -0.25) is 4.99 Å². The molecule has 1 aliphatic heterocycles. The van der Waals surface area contributed by atoms with Crippen LogP contribution in [0.4, 0.5) is 0 Å². The predicted octanol–water partition coefficient (Wildman–Crippen LogP) is 2.52. The molecule has 0 aromatic heterocycles. The zero-order valence-corrected chi connectivity index (χ0v) is 9.76. The summed E-state index contributed by atoms with van der Waals surface area (Å²) in [7, 11) is 0. The first kappa shape index (κ1) is 10.9. The van der Waals surface area contributed by atoms with Crippen molar-refractivity contribution in [2.24, 2.45) is 4.99 Å². The fraction of sp³-hybridized carbons (Fsp3) is 0.357. The molecule has 1 heterocycles. The van der Waals surface area contributed by atoms with E-state index in [9.17, 15) is 0 Å². The lowest BCUT2D eigenvalue weighted by Gasteiger charge is -2.18. The third kappa shape index (κ3) is 2.51. The van der Waals surface area contributed by atoms with Crippen LogP contribution in [0.25, 0.3) is 0 Å². The number of amidine groups is 1. The first-order valence-corrected chi connectivity index (χ1v) is 5.76. The molecule has 1 aromatic carbocycles. The molecule has 0 spiro atoms. The standard InChI is InChI=1S/C14H18N2/c1-3-9-16-11-12(2)15-14(16)10-13-7-5-4-6-8-13/h3-8,12H,1,9-11H2,2H3. The average molecular weight is 214 g/mol. The molecule has 16 heavy (non-hydrogen) atoms. The number of rotatable bonds is 4. The average Bonchev–Trinajstić information content (AvgIpc) is 2.61. The van der Waals surface area contributed by atoms with E-state index in [1.54, 1.807) is 0 Å². The van der Waals surface area contributed by atoms with Gasteiger partial charge in [0.1, 0.15) is 5.84 Å². The highest BCUT2D eigenvalue weighted by molar-refractivity contribution is 5.86. The predicted molar refractivity (Wildman–Crippen MR) is 68.8 cm³/mol. The van der Waals surface area contributed by atoms with Crippen LogP contribution in [0.1, 0.15) is 12.5 Å². The smallest absolute Gasteiger partial charge is 0.104 e. The summed E-state index contributed by atoms with van der Waals surface area (Å²) in [6.07, 6.45) is 2.87. The summed E-state index contributed by atoms with van der Waals surface area (Å²) in [6.45, 7) is 7.88.